The number of para-hydroxylation sites is 1. The van der Waals surface area contributed by atoms with Crippen molar-refractivity contribution >= 4 is 11.6 Å². The summed E-state index contributed by atoms with van der Waals surface area (Å²) in [5.41, 5.74) is 4.33. The van der Waals surface area contributed by atoms with Crippen molar-refractivity contribution in [1.29, 1.82) is 0 Å². The lowest BCUT2D eigenvalue weighted by Gasteiger charge is -2.58. The summed E-state index contributed by atoms with van der Waals surface area (Å²) in [6, 6.07) is 7.99. The fourth-order valence-electron chi connectivity index (χ4n) is 9.41. The second-order valence-electron chi connectivity index (χ2n) is 12.7. The SMILES string of the molecule is COc1ccccc1C1CC(C2CCC3C4CC=C5CC(O)CC[C@]5(C)C4CC[C@]23C)=NN1C(C)=O. The van der Waals surface area contributed by atoms with Crippen molar-refractivity contribution in [2.24, 2.45) is 39.6 Å². The molecular formula is C31H42N2O3. The summed E-state index contributed by atoms with van der Waals surface area (Å²) in [7, 11) is 1.70. The average molecular weight is 491 g/mol. The van der Waals surface area contributed by atoms with E-state index in [1.54, 1.807) is 19.0 Å². The number of ether oxygens (including phenoxy) is 1. The topological polar surface area (TPSA) is 62.1 Å². The summed E-state index contributed by atoms with van der Waals surface area (Å²) < 4.78 is 5.66. The zero-order valence-corrected chi connectivity index (χ0v) is 22.4. The minimum atomic E-state index is -0.147. The highest BCUT2D eigenvalue weighted by Crippen LogP contribution is 2.66. The van der Waals surface area contributed by atoms with Crippen LogP contribution in [0.5, 0.6) is 5.75 Å². The molecule has 1 heterocycles. The molecule has 1 aromatic carbocycles. The standard InChI is InChI=1S/C31H42N2O3/c1-19(34)33-28(23-7-5-6-8-29(23)36-4)18-27(32-33)26-12-11-24-22-10-9-20-17-21(35)13-15-30(20,2)25(22)14-16-31(24,26)3/h5-9,21-22,24-26,28,35H,10-18H2,1-4H3/t21?,22?,24?,25?,26?,28?,30-,31-/m0/s1. The van der Waals surface area contributed by atoms with E-state index in [0.29, 0.717) is 11.8 Å². The Kier molecular flexibility index (Phi) is 5.86. The van der Waals surface area contributed by atoms with Crippen molar-refractivity contribution < 1.29 is 14.6 Å². The number of allylic oxidation sites excluding steroid dienone is 1. The van der Waals surface area contributed by atoms with E-state index in [2.05, 4.69) is 26.0 Å². The second kappa shape index (κ2) is 8.72. The van der Waals surface area contributed by atoms with E-state index in [4.69, 9.17) is 9.84 Å². The summed E-state index contributed by atoms with van der Waals surface area (Å²) in [5.74, 6) is 3.45. The molecule has 5 nitrogen and oxygen atoms in total. The van der Waals surface area contributed by atoms with Crippen LogP contribution in [0.25, 0.3) is 0 Å². The van der Waals surface area contributed by atoms with Crippen LogP contribution in [-0.4, -0.2) is 34.9 Å². The van der Waals surface area contributed by atoms with Gasteiger partial charge in [-0.25, -0.2) is 5.01 Å². The summed E-state index contributed by atoms with van der Waals surface area (Å²) in [4.78, 5) is 12.7. The lowest BCUT2D eigenvalue weighted by Crippen LogP contribution is -2.51. The first-order valence-corrected chi connectivity index (χ1v) is 14.1. The van der Waals surface area contributed by atoms with Gasteiger partial charge in [0.05, 0.1) is 19.3 Å². The summed E-state index contributed by atoms with van der Waals surface area (Å²) in [6.45, 7) is 6.67. The summed E-state index contributed by atoms with van der Waals surface area (Å²) >= 11 is 0. The molecule has 1 aliphatic heterocycles. The monoisotopic (exact) mass is 490 g/mol. The van der Waals surface area contributed by atoms with Crippen molar-refractivity contribution in [1.82, 2.24) is 5.01 Å². The molecule has 194 valence electrons. The number of hydrogen-bond donors (Lipinski definition) is 1. The molecule has 0 saturated heterocycles. The fourth-order valence-corrected chi connectivity index (χ4v) is 9.41. The molecule has 5 heteroatoms. The molecule has 1 aromatic rings. The second-order valence-corrected chi connectivity index (χ2v) is 12.7. The van der Waals surface area contributed by atoms with Crippen molar-refractivity contribution in [2.45, 2.75) is 90.7 Å². The van der Waals surface area contributed by atoms with Gasteiger partial charge in [-0.3, -0.25) is 4.79 Å². The van der Waals surface area contributed by atoms with Gasteiger partial charge in [-0.2, -0.15) is 5.10 Å². The first-order chi connectivity index (χ1) is 17.3. The smallest absolute Gasteiger partial charge is 0.240 e. The van der Waals surface area contributed by atoms with Gasteiger partial charge in [-0.1, -0.05) is 43.7 Å². The largest absolute Gasteiger partial charge is 0.496 e. The zero-order valence-electron chi connectivity index (χ0n) is 22.4. The predicted molar refractivity (Wildman–Crippen MR) is 142 cm³/mol. The number of aliphatic hydroxyl groups is 1. The molecule has 1 N–H and O–H groups in total. The molecule has 0 spiro atoms. The quantitative estimate of drug-likeness (QED) is 0.507. The highest BCUT2D eigenvalue weighted by molar-refractivity contribution is 5.92. The van der Waals surface area contributed by atoms with Crippen LogP contribution in [0.4, 0.5) is 0 Å². The number of aliphatic hydroxyl groups excluding tert-OH is 1. The van der Waals surface area contributed by atoms with Gasteiger partial charge in [0.1, 0.15) is 5.75 Å². The van der Waals surface area contributed by atoms with Crippen LogP contribution in [0.3, 0.4) is 0 Å². The maximum absolute atomic E-state index is 12.7. The Morgan fingerprint density at radius 1 is 1.08 bits per heavy atom. The van der Waals surface area contributed by atoms with Crippen LogP contribution >= 0.6 is 0 Å². The van der Waals surface area contributed by atoms with Crippen molar-refractivity contribution in [3.8, 4) is 5.75 Å². The molecule has 0 bridgehead atoms. The van der Waals surface area contributed by atoms with Crippen LogP contribution in [0.1, 0.15) is 90.2 Å². The van der Waals surface area contributed by atoms with Gasteiger partial charge in [0.15, 0.2) is 0 Å². The molecule has 5 aliphatic rings. The first kappa shape index (κ1) is 24.2. The number of rotatable bonds is 3. The lowest BCUT2D eigenvalue weighted by atomic mass is 9.47. The van der Waals surface area contributed by atoms with Crippen molar-refractivity contribution in [2.75, 3.05) is 7.11 Å². The molecule has 0 aromatic heterocycles. The van der Waals surface area contributed by atoms with E-state index in [1.807, 2.05) is 18.2 Å². The molecule has 0 radical (unpaired) electrons. The van der Waals surface area contributed by atoms with Crippen molar-refractivity contribution in [3.63, 3.8) is 0 Å². The van der Waals surface area contributed by atoms with Gasteiger partial charge < -0.3 is 9.84 Å². The minimum Gasteiger partial charge on any atom is -0.496 e. The van der Waals surface area contributed by atoms with Crippen LogP contribution in [-0.2, 0) is 4.79 Å². The lowest BCUT2D eigenvalue weighted by molar-refractivity contribution is -0.130. The van der Waals surface area contributed by atoms with E-state index >= 15 is 0 Å². The third-order valence-corrected chi connectivity index (χ3v) is 11.2. The Morgan fingerprint density at radius 3 is 2.67 bits per heavy atom. The number of amides is 1. The summed E-state index contributed by atoms with van der Waals surface area (Å²) in [5, 5.41) is 17.1. The molecule has 6 unspecified atom stereocenters. The van der Waals surface area contributed by atoms with Crippen LogP contribution in [0, 0.1) is 34.5 Å². The molecule has 3 fully saturated rings. The van der Waals surface area contributed by atoms with E-state index in [1.165, 1.54) is 43.4 Å². The number of methoxy groups -OCH3 is 1. The zero-order chi connectivity index (χ0) is 25.2. The van der Waals surface area contributed by atoms with Gasteiger partial charge in [0.2, 0.25) is 5.91 Å². The Labute approximate surface area is 216 Å². The molecule has 3 saturated carbocycles. The third kappa shape index (κ3) is 3.52. The normalized spacial score (nSPS) is 41.6. The number of hydrazone groups is 1. The Morgan fingerprint density at radius 2 is 1.89 bits per heavy atom. The van der Waals surface area contributed by atoms with Crippen molar-refractivity contribution in [3.05, 3.63) is 41.5 Å². The fraction of sp³-hybridized carbons (Fsp3) is 0.677. The van der Waals surface area contributed by atoms with Crippen LogP contribution < -0.4 is 4.74 Å². The number of nitrogens with zero attached hydrogens (tertiary/aromatic N) is 2. The molecule has 1 amide bonds. The highest BCUT2D eigenvalue weighted by Gasteiger charge is 2.60. The van der Waals surface area contributed by atoms with E-state index in [0.717, 1.165) is 48.8 Å². The Bertz CT molecular complexity index is 1110. The van der Waals surface area contributed by atoms with Gasteiger partial charge in [-0.05, 0) is 86.0 Å². The van der Waals surface area contributed by atoms with Gasteiger partial charge in [0.25, 0.3) is 0 Å². The van der Waals surface area contributed by atoms with Gasteiger partial charge in [-0.15, -0.1) is 0 Å². The maximum atomic E-state index is 12.7. The third-order valence-electron chi connectivity index (χ3n) is 11.2. The van der Waals surface area contributed by atoms with E-state index in [-0.39, 0.29) is 28.9 Å². The van der Waals surface area contributed by atoms with Gasteiger partial charge in [0, 0.05) is 30.5 Å². The van der Waals surface area contributed by atoms with Gasteiger partial charge >= 0.3 is 0 Å². The molecule has 8 atom stereocenters. The number of carbonyl (C=O) groups excluding carboxylic acids is 1. The number of benzene rings is 1. The summed E-state index contributed by atoms with van der Waals surface area (Å²) in [6.07, 6.45) is 12.3. The first-order valence-electron chi connectivity index (χ1n) is 14.1. The minimum absolute atomic E-state index is 0.00155. The average Bonchev–Trinajstić information content (AvgIpc) is 3.45. The molecule has 6 rings (SSSR count). The Hall–Kier alpha value is -2.14. The van der Waals surface area contributed by atoms with E-state index in [9.17, 15) is 9.90 Å². The molecular weight excluding hydrogens is 448 g/mol. The number of carbonyl (C=O) groups is 1. The number of hydrogen-bond acceptors (Lipinski definition) is 4. The predicted octanol–water partition coefficient (Wildman–Crippen LogP) is 6.28. The molecule has 36 heavy (non-hydrogen) atoms. The molecule has 4 aliphatic carbocycles. The number of fused-ring (bicyclic) bond motifs is 5. The Balaban J connectivity index is 1.28. The van der Waals surface area contributed by atoms with Crippen LogP contribution in [0.2, 0.25) is 0 Å². The van der Waals surface area contributed by atoms with E-state index < -0.39 is 0 Å². The van der Waals surface area contributed by atoms with Crippen LogP contribution in [0.15, 0.2) is 41.0 Å². The highest BCUT2D eigenvalue weighted by atomic mass is 16.5. The maximum Gasteiger partial charge on any atom is 0.240 e.